The van der Waals surface area contributed by atoms with Gasteiger partial charge in [-0.25, -0.2) is 4.79 Å². The number of aliphatic imine (C=N–C) groups is 1. The van der Waals surface area contributed by atoms with Crippen molar-refractivity contribution in [3.8, 4) is 5.75 Å². The number of halogens is 1. The van der Waals surface area contributed by atoms with Gasteiger partial charge < -0.3 is 14.4 Å². The molecule has 0 N–H and O–H groups in total. The minimum absolute atomic E-state index is 0.188. The van der Waals surface area contributed by atoms with Gasteiger partial charge in [0.1, 0.15) is 18.0 Å². The lowest BCUT2D eigenvalue weighted by molar-refractivity contribution is -0.138. The number of nitrogens with zero attached hydrogens (tertiary/aromatic N) is 2. The van der Waals surface area contributed by atoms with Crippen molar-refractivity contribution in [2.75, 3.05) is 18.1 Å². The number of anilines is 1. The maximum Gasteiger partial charge on any atom is 0.333 e. The number of fused-ring (bicyclic) bond motifs is 4. The molecule has 0 radical (unpaired) electrons. The van der Waals surface area contributed by atoms with Crippen LogP contribution in [0.4, 0.5) is 11.4 Å². The molecule has 5 nitrogen and oxygen atoms in total. The predicted octanol–water partition coefficient (Wildman–Crippen LogP) is 6.20. The van der Waals surface area contributed by atoms with Gasteiger partial charge in [0.05, 0.1) is 18.2 Å². The Morgan fingerprint density at radius 2 is 1.97 bits per heavy atom. The normalized spacial score (nSPS) is 19.8. The van der Waals surface area contributed by atoms with Crippen LogP contribution in [-0.2, 0) is 14.9 Å². The molecule has 2 heterocycles. The van der Waals surface area contributed by atoms with Crippen LogP contribution < -0.4 is 9.64 Å². The highest BCUT2D eigenvalue weighted by molar-refractivity contribution is 6.30. The fraction of sp³-hybridized carbons (Fsp3) is 0.259. The summed E-state index contributed by atoms with van der Waals surface area (Å²) in [6.45, 7) is 10.2. The molecule has 0 saturated heterocycles. The third-order valence-corrected chi connectivity index (χ3v) is 6.85. The number of rotatable bonds is 4. The number of benzene rings is 3. The molecule has 33 heavy (non-hydrogen) atoms. The van der Waals surface area contributed by atoms with Gasteiger partial charge >= 0.3 is 5.97 Å². The summed E-state index contributed by atoms with van der Waals surface area (Å²) in [7, 11) is 0. The van der Waals surface area contributed by atoms with Crippen LogP contribution in [0, 0.1) is 0 Å². The predicted molar refractivity (Wildman–Crippen MR) is 133 cm³/mol. The molecule has 0 aromatic heterocycles. The standard InChI is InChI=1S/C27H25ClN2O3/c1-17(2)25(31)32-14-13-30-22-11-10-19(28)15-21(22)26(3,4)27(30)16-29-24-20-8-6-5-7-18(20)9-12-23(24)33-27/h5-12,15-16H,1,13-14H2,2-4H3. The first-order valence-electron chi connectivity index (χ1n) is 10.9. The molecular formula is C27H25ClN2O3. The second-order valence-corrected chi connectivity index (χ2v) is 9.48. The molecule has 0 amide bonds. The maximum atomic E-state index is 12.0. The zero-order valence-corrected chi connectivity index (χ0v) is 19.6. The van der Waals surface area contributed by atoms with Crippen molar-refractivity contribution in [1.29, 1.82) is 0 Å². The summed E-state index contributed by atoms with van der Waals surface area (Å²) >= 11 is 6.38. The fourth-order valence-corrected chi connectivity index (χ4v) is 4.98. The molecule has 5 rings (SSSR count). The third kappa shape index (κ3) is 3.22. The molecule has 0 aliphatic carbocycles. The van der Waals surface area contributed by atoms with Gasteiger partial charge in [-0.15, -0.1) is 0 Å². The van der Waals surface area contributed by atoms with Crippen LogP contribution in [0.25, 0.3) is 10.8 Å². The van der Waals surface area contributed by atoms with E-state index in [1.165, 1.54) is 0 Å². The number of ether oxygens (including phenoxy) is 2. The SMILES string of the molecule is C=C(C)C(=O)OCCN1c2ccc(Cl)cc2C(C)(C)C12C=Nc1c(ccc3ccccc13)O2. The van der Waals surface area contributed by atoms with E-state index in [4.69, 9.17) is 26.1 Å². The molecule has 168 valence electrons. The topological polar surface area (TPSA) is 51.1 Å². The lowest BCUT2D eigenvalue weighted by Gasteiger charge is -2.46. The van der Waals surface area contributed by atoms with Crippen molar-refractivity contribution >= 4 is 45.9 Å². The Morgan fingerprint density at radius 1 is 1.18 bits per heavy atom. The van der Waals surface area contributed by atoms with Gasteiger partial charge in [-0.2, -0.15) is 0 Å². The first-order valence-corrected chi connectivity index (χ1v) is 11.3. The molecule has 3 aromatic carbocycles. The highest BCUT2D eigenvalue weighted by atomic mass is 35.5. The van der Waals surface area contributed by atoms with E-state index in [0.29, 0.717) is 22.9 Å². The van der Waals surface area contributed by atoms with Crippen molar-refractivity contribution in [1.82, 2.24) is 0 Å². The molecular weight excluding hydrogens is 436 g/mol. The van der Waals surface area contributed by atoms with Gasteiger partial charge in [0, 0.05) is 21.7 Å². The average Bonchev–Trinajstić information content (AvgIpc) is 2.96. The summed E-state index contributed by atoms with van der Waals surface area (Å²) in [6, 6.07) is 18.0. The molecule has 1 spiro atoms. The molecule has 0 saturated carbocycles. The molecule has 3 aromatic rings. The van der Waals surface area contributed by atoms with Gasteiger partial charge in [-0.3, -0.25) is 4.99 Å². The Balaban J connectivity index is 1.60. The highest BCUT2D eigenvalue weighted by Crippen LogP contribution is 2.55. The van der Waals surface area contributed by atoms with E-state index in [-0.39, 0.29) is 6.61 Å². The second-order valence-electron chi connectivity index (χ2n) is 9.04. The van der Waals surface area contributed by atoms with Gasteiger partial charge in [0.2, 0.25) is 5.72 Å². The smallest absolute Gasteiger partial charge is 0.333 e. The first-order chi connectivity index (χ1) is 15.7. The number of esters is 1. The van der Waals surface area contributed by atoms with Crippen LogP contribution >= 0.6 is 11.6 Å². The number of hydrogen-bond donors (Lipinski definition) is 0. The summed E-state index contributed by atoms with van der Waals surface area (Å²) in [4.78, 5) is 19.0. The minimum Gasteiger partial charge on any atom is -0.460 e. The number of carbonyl (C=O) groups is 1. The molecule has 1 atom stereocenters. The van der Waals surface area contributed by atoms with Crippen molar-refractivity contribution in [2.45, 2.75) is 31.9 Å². The molecule has 0 fully saturated rings. The zero-order chi connectivity index (χ0) is 23.4. The summed E-state index contributed by atoms with van der Waals surface area (Å²) in [5.41, 5.74) is 1.82. The van der Waals surface area contributed by atoms with Gasteiger partial charge in [0.15, 0.2) is 0 Å². The van der Waals surface area contributed by atoms with E-state index in [9.17, 15) is 4.79 Å². The van der Waals surface area contributed by atoms with E-state index in [2.05, 4.69) is 37.5 Å². The van der Waals surface area contributed by atoms with Crippen LogP contribution in [0.1, 0.15) is 26.3 Å². The monoisotopic (exact) mass is 460 g/mol. The Morgan fingerprint density at radius 3 is 2.76 bits per heavy atom. The van der Waals surface area contributed by atoms with Gasteiger partial charge in [0.25, 0.3) is 0 Å². The zero-order valence-electron chi connectivity index (χ0n) is 18.9. The summed E-state index contributed by atoms with van der Waals surface area (Å²) in [5.74, 6) is 0.306. The van der Waals surface area contributed by atoms with E-state index in [1.807, 2.05) is 48.7 Å². The molecule has 0 bridgehead atoms. The Hall–Kier alpha value is -3.31. The molecule has 2 aliphatic heterocycles. The Kier molecular flexibility index (Phi) is 4.98. The summed E-state index contributed by atoms with van der Waals surface area (Å²) < 4.78 is 12.2. The van der Waals surface area contributed by atoms with Crippen molar-refractivity contribution < 1.29 is 14.3 Å². The first kappa shape index (κ1) is 21.5. The van der Waals surface area contributed by atoms with E-state index < -0.39 is 17.1 Å². The lowest BCUT2D eigenvalue weighted by atomic mass is 9.77. The summed E-state index contributed by atoms with van der Waals surface area (Å²) in [6.07, 6.45) is 1.89. The molecule has 6 heteroatoms. The van der Waals surface area contributed by atoms with Crippen LogP contribution in [0.5, 0.6) is 5.75 Å². The van der Waals surface area contributed by atoms with E-state index in [0.717, 1.165) is 27.7 Å². The number of carbonyl (C=O) groups excluding carboxylic acids is 1. The van der Waals surface area contributed by atoms with E-state index >= 15 is 0 Å². The van der Waals surface area contributed by atoms with Gasteiger partial charge in [-0.05, 0) is 56.0 Å². The largest absolute Gasteiger partial charge is 0.460 e. The number of hydrogen-bond acceptors (Lipinski definition) is 5. The van der Waals surface area contributed by atoms with Crippen LogP contribution in [0.3, 0.4) is 0 Å². The molecule has 1 unspecified atom stereocenters. The molecule has 2 aliphatic rings. The van der Waals surface area contributed by atoms with Crippen molar-refractivity contribution in [2.24, 2.45) is 4.99 Å². The minimum atomic E-state index is -0.912. The van der Waals surface area contributed by atoms with Crippen LogP contribution in [0.15, 0.2) is 71.7 Å². The van der Waals surface area contributed by atoms with Crippen LogP contribution in [0.2, 0.25) is 5.02 Å². The Labute approximate surface area is 198 Å². The van der Waals surface area contributed by atoms with Crippen molar-refractivity contribution in [3.63, 3.8) is 0 Å². The average molecular weight is 461 g/mol. The second kappa shape index (κ2) is 7.63. The van der Waals surface area contributed by atoms with E-state index in [1.54, 1.807) is 6.92 Å². The van der Waals surface area contributed by atoms with Crippen LogP contribution in [-0.4, -0.2) is 31.1 Å². The Bertz CT molecular complexity index is 1330. The highest BCUT2D eigenvalue weighted by Gasteiger charge is 2.59. The fourth-order valence-electron chi connectivity index (χ4n) is 4.80. The van der Waals surface area contributed by atoms with Gasteiger partial charge in [-0.1, -0.05) is 48.5 Å². The third-order valence-electron chi connectivity index (χ3n) is 6.61. The summed E-state index contributed by atoms with van der Waals surface area (Å²) in [5, 5.41) is 2.81. The van der Waals surface area contributed by atoms with Crippen molar-refractivity contribution in [3.05, 3.63) is 77.3 Å². The maximum absolute atomic E-state index is 12.0. The quantitative estimate of drug-likeness (QED) is 0.343. The lowest BCUT2D eigenvalue weighted by Crippen LogP contribution is -2.62.